The molecule has 2 aromatic heterocycles. The van der Waals surface area contributed by atoms with Crippen LogP contribution in [0.3, 0.4) is 0 Å². The van der Waals surface area contributed by atoms with Gasteiger partial charge in [0.15, 0.2) is 0 Å². The van der Waals surface area contributed by atoms with Crippen molar-refractivity contribution in [3.63, 3.8) is 0 Å². The van der Waals surface area contributed by atoms with Gasteiger partial charge in [0.2, 0.25) is 0 Å². The van der Waals surface area contributed by atoms with Crippen molar-refractivity contribution in [3.8, 4) is 11.1 Å². The van der Waals surface area contributed by atoms with E-state index < -0.39 is 0 Å². The molecule has 0 fully saturated rings. The Morgan fingerprint density at radius 1 is 0.500 bits per heavy atom. The first-order chi connectivity index (χ1) is 32.6. The maximum Gasteiger partial charge on any atom is 0.142 e. The fraction of sp³-hybridized carbons (Fsp3) is 0.0476. The van der Waals surface area contributed by atoms with Gasteiger partial charge in [-0.1, -0.05) is 176 Å². The number of allylic oxidation sites excluding steroid dienone is 4. The zero-order chi connectivity index (χ0) is 44.0. The fourth-order valence-electron chi connectivity index (χ4n) is 10.1. The van der Waals surface area contributed by atoms with Crippen LogP contribution in [-0.4, -0.2) is 4.57 Å². The summed E-state index contributed by atoms with van der Waals surface area (Å²) in [7, 11) is 0. The van der Waals surface area contributed by atoms with Crippen LogP contribution in [0.15, 0.2) is 241 Å². The summed E-state index contributed by atoms with van der Waals surface area (Å²) < 4.78 is 9.03. The van der Waals surface area contributed by atoms with E-state index in [0.717, 1.165) is 45.6 Å². The average Bonchev–Trinajstić information content (AvgIpc) is 3.95. The lowest BCUT2D eigenvalue weighted by molar-refractivity contribution is 0.565. The minimum atomic E-state index is 0.654. The summed E-state index contributed by atoms with van der Waals surface area (Å²) in [5.74, 6) is 0.942. The zero-order valence-corrected chi connectivity index (χ0v) is 36.7. The third-order valence-corrected chi connectivity index (χ3v) is 13.2. The standard InChI is InChI=1S/C63H46N2O/c1-43(64-61-28-14-11-25-57(61)58-26-12-15-29-62(58)64)16-2-3-17-44-30-36-50(37-31-44)65(51-38-34-46(35-39-51)59-42-47-19-5-7-21-53(47)55-23-9-10-24-56(55)59)60-27-13-6-20-48(60)40-52-41-49-33-32-45-18-4-8-22-54(45)63(49)66-52/h2-16,18-39,41-42H,17,40H2,1H3/b3-2-,43-16+. The van der Waals surface area contributed by atoms with Gasteiger partial charge in [0.25, 0.3) is 0 Å². The normalized spacial score (nSPS) is 12.2. The molecule has 0 aliphatic rings. The summed E-state index contributed by atoms with van der Waals surface area (Å²) in [5, 5.41) is 11.0. The molecule has 3 nitrogen and oxygen atoms in total. The van der Waals surface area contributed by atoms with Crippen molar-refractivity contribution in [1.82, 2.24) is 4.57 Å². The van der Waals surface area contributed by atoms with Gasteiger partial charge in [-0.3, -0.25) is 0 Å². The molecule has 12 aromatic rings. The number of fused-ring (bicyclic) bond motifs is 9. The number of benzene rings is 10. The number of rotatable bonds is 10. The highest BCUT2D eigenvalue weighted by Gasteiger charge is 2.19. The summed E-state index contributed by atoms with van der Waals surface area (Å²) in [5.41, 5.74) is 12.7. The number of para-hydroxylation sites is 3. The monoisotopic (exact) mass is 846 g/mol. The van der Waals surface area contributed by atoms with Crippen molar-refractivity contribution in [1.29, 1.82) is 0 Å². The lowest BCUT2D eigenvalue weighted by Gasteiger charge is -2.28. The van der Waals surface area contributed by atoms with Gasteiger partial charge in [0.05, 0.1) is 11.0 Å². The van der Waals surface area contributed by atoms with E-state index in [0.29, 0.717) is 6.42 Å². The summed E-state index contributed by atoms with van der Waals surface area (Å²) in [6.07, 6.45) is 8.15. The first-order valence-corrected chi connectivity index (χ1v) is 22.8. The van der Waals surface area contributed by atoms with Crippen molar-refractivity contribution in [2.24, 2.45) is 0 Å². The molecule has 0 amide bonds. The molecular formula is C63H46N2O. The Bertz CT molecular complexity index is 3770. The third kappa shape index (κ3) is 7.03. The summed E-state index contributed by atoms with van der Waals surface area (Å²) in [6, 6.07) is 79.0. The highest BCUT2D eigenvalue weighted by atomic mass is 16.3. The van der Waals surface area contributed by atoms with E-state index >= 15 is 0 Å². The molecule has 0 bridgehead atoms. The molecule has 314 valence electrons. The Balaban J connectivity index is 0.889. The molecule has 0 unspecified atom stereocenters. The first kappa shape index (κ1) is 39.2. The Labute approximate surface area is 384 Å². The smallest absolute Gasteiger partial charge is 0.142 e. The molecule has 2 heterocycles. The van der Waals surface area contributed by atoms with Crippen LogP contribution in [0, 0.1) is 0 Å². The van der Waals surface area contributed by atoms with E-state index in [1.165, 1.54) is 76.7 Å². The molecule has 12 rings (SSSR count). The molecule has 0 radical (unpaired) electrons. The van der Waals surface area contributed by atoms with E-state index in [-0.39, 0.29) is 0 Å². The number of anilines is 3. The van der Waals surface area contributed by atoms with E-state index in [2.05, 4.69) is 253 Å². The Morgan fingerprint density at radius 2 is 1.08 bits per heavy atom. The van der Waals surface area contributed by atoms with Gasteiger partial charge in [-0.25, -0.2) is 0 Å². The molecule has 0 aliphatic carbocycles. The van der Waals surface area contributed by atoms with Gasteiger partial charge < -0.3 is 13.9 Å². The van der Waals surface area contributed by atoms with Crippen molar-refractivity contribution >= 4 is 87.9 Å². The molecule has 0 aliphatic heterocycles. The maximum absolute atomic E-state index is 6.67. The van der Waals surface area contributed by atoms with Crippen LogP contribution in [-0.2, 0) is 12.8 Å². The van der Waals surface area contributed by atoms with E-state index in [9.17, 15) is 0 Å². The zero-order valence-electron chi connectivity index (χ0n) is 36.7. The lowest BCUT2D eigenvalue weighted by atomic mass is 9.93. The van der Waals surface area contributed by atoms with Crippen molar-refractivity contribution < 1.29 is 4.42 Å². The number of hydrogen-bond donors (Lipinski definition) is 0. The molecule has 3 heteroatoms. The fourth-order valence-corrected chi connectivity index (χ4v) is 10.1. The molecule has 66 heavy (non-hydrogen) atoms. The van der Waals surface area contributed by atoms with Gasteiger partial charge in [-0.2, -0.15) is 0 Å². The molecule has 0 saturated carbocycles. The topological polar surface area (TPSA) is 21.3 Å². The maximum atomic E-state index is 6.67. The highest BCUT2D eigenvalue weighted by molar-refractivity contribution is 6.14. The molecule has 0 spiro atoms. The Morgan fingerprint density at radius 3 is 1.82 bits per heavy atom. The number of furan rings is 1. The van der Waals surface area contributed by atoms with Crippen LogP contribution in [0.2, 0.25) is 0 Å². The molecule has 0 atom stereocenters. The molecule has 0 N–H and O–H groups in total. The van der Waals surface area contributed by atoms with Gasteiger partial charge in [0, 0.05) is 50.7 Å². The number of hydrogen-bond acceptors (Lipinski definition) is 2. The van der Waals surface area contributed by atoms with Crippen molar-refractivity contribution in [2.75, 3.05) is 4.90 Å². The van der Waals surface area contributed by atoms with E-state index in [1.807, 2.05) is 0 Å². The quantitative estimate of drug-likeness (QED) is 0.101. The van der Waals surface area contributed by atoms with Crippen LogP contribution in [0.5, 0.6) is 0 Å². The van der Waals surface area contributed by atoms with Crippen LogP contribution in [0.1, 0.15) is 23.8 Å². The summed E-state index contributed by atoms with van der Waals surface area (Å²) in [4.78, 5) is 2.40. The van der Waals surface area contributed by atoms with E-state index in [4.69, 9.17) is 4.42 Å². The SMILES string of the molecule is C/C(=C\C=C/Cc1ccc(N(c2ccc(-c3cc4ccccc4c4ccccc34)cc2)c2ccccc2Cc2cc3ccc4ccccc4c3o2)cc1)n1c2ccccc2c2ccccc21. The minimum absolute atomic E-state index is 0.654. The first-order valence-electron chi connectivity index (χ1n) is 22.8. The van der Waals surface area contributed by atoms with Gasteiger partial charge in [-0.15, -0.1) is 0 Å². The van der Waals surface area contributed by atoms with Gasteiger partial charge in [0.1, 0.15) is 11.3 Å². The van der Waals surface area contributed by atoms with Crippen molar-refractivity contribution in [3.05, 3.63) is 254 Å². The predicted octanol–water partition coefficient (Wildman–Crippen LogP) is 17.4. The van der Waals surface area contributed by atoms with Gasteiger partial charge in [-0.05, 0) is 123 Å². The van der Waals surface area contributed by atoms with Crippen LogP contribution in [0.25, 0.3) is 81.9 Å². The molecule has 10 aromatic carbocycles. The minimum Gasteiger partial charge on any atom is -0.460 e. The predicted molar refractivity (Wildman–Crippen MR) is 280 cm³/mol. The number of nitrogens with zero attached hydrogens (tertiary/aromatic N) is 2. The van der Waals surface area contributed by atoms with Crippen molar-refractivity contribution in [2.45, 2.75) is 19.8 Å². The van der Waals surface area contributed by atoms with Crippen LogP contribution in [0.4, 0.5) is 17.1 Å². The third-order valence-electron chi connectivity index (χ3n) is 13.2. The Kier molecular flexibility index (Phi) is 9.87. The molecular weight excluding hydrogens is 801 g/mol. The second kappa shape index (κ2) is 16.6. The number of aromatic nitrogens is 1. The Hall–Kier alpha value is -8.40. The molecule has 0 saturated heterocycles. The van der Waals surface area contributed by atoms with Crippen LogP contribution < -0.4 is 4.90 Å². The second-order valence-corrected chi connectivity index (χ2v) is 17.3. The lowest BCUT2D eigenvalue weighted by Crippen LogP contribution is -2.12. The van der Waals surface area contributed by atoms with E-state index in [1.54, 1.807) is 0 Å². The second-order valence-electron chi connectivity index (χ2n) is 17.3. The summed E-state index contributed by atoms with van der Waals surface area (Å²) in [6.45, 7) is 2.19. The van der Waals surface area contributed by atoms with Crippen LogP contribution >= 0.6 is 0 Å². The highest BCUT2D eigenvalue weighted by Crippen LogP contribution is 2.41. The van der Waals surface area contributed by atoms with Gasteiger partial charge >= 0.3 is 0 Å². The summed E-state index contributed by atoms with van der Waals surface area (Å²) >= 11 is 0. The largest absolute Gasteiger partial charge is 0.460 e. The average molecular weight is 847 g/mol.